The first-order chi connectivity index (χ1) is 13.7. The van der Waals surface area contributed by atoms with Gasteiger partial charge in [-0.3, -0.25) is 0 Å². The van der Waals surface area contributed by atoms with Crippen LogP contribution in [0, 0.1) is 0 Å². The Kier molecular flexibility index (Phi) is 6.66. The summed E-state index contributed by atoms with van der Waals surface area (Å²) in [6.45, 7) is 20.8. The maximum absolute atomic E-state index is 2.63. The molecule has 2 aromatic rings. The fourth-order valence-electron chi connectivity index (χ4n) is 4.71. The molecule has 2 aromatic carbocycles. The molecule has 0 N–H and O–H groups in total. The largest absolute Gasteiger partial charge is 0.397 e. The first-order valence-corrected chi connectivity index (χ1v) is 11.5. The van der Waals surface area contributed by atoms with Crippen molar-refractivity contribution >= 4 is 18.9 Å². The Labute approximate surface area is 179 Å². The Morgan fingerprint density at radius 2 is 0.828 bits per heavy atom. The molecule has 156 valence electrons. The fourth-order valence-corrected chi connectivity index (χ4v) is 4.71. The van der Waals surface area contributed by atoms with E-state index in [4.69, 9.17) is 0 Å². The number of hydrogen-bond acceptors (Lipinski definition) is 2. The van der Waals surface area contributed by atoms with E-state index in [1.165, 1.54) is 33.6 Å². The minimum Gasteiger partial charge on any atom is -0.397 e. The van der Waals surface area contributed by atoms with E-state index in [2.05, 4.69) is 101 Å². The van der Waals surface area contributed by atoms with Crippen molar-refractivity contribution in [1.29, 1.82) is 0 Å². The summed E-state index contributed by atoms with van der Waals surface area (Å²) in [7, 11) is 0.979. The van der Waals surface area contributed by atoms with Gasteiger partial charge in [0.15, 0.2) is 0 Å². The molecular formula is C26H39BN2. The quantitative estimate of drug-likeness (QED) is 0.502. The molecule has 0 bridgehead atoms. The van der Waals surface area contributed by atoms with Gasteiger partial charge in [0.1, 0.15) is 0 Å². The number of para-hydroxylation sites is 2. The third kappa shape index (κ3) is 4.34. The SMILES string of the molecule is CC(C)c1cccc(C(C)C)c1N1BN(c2c(C(C)C)cccc2C(C)C)CC1. The second kappa shape index (κ2) is 8.85. The molecule has 3 rings (SSSR count). The van der Waals surface area contributed by atoms with E-state index >= 15 is 0 Å². The van der Waals surface area contributed by atoms with E-state index in [0.29, 0.717) is 23.7 Å². The monoisotopic (exact) mass is 390 g/mol. The van der Waals surface area contributed by atoms with Gasteiger partial charge < -0.3 is 9.62 Å². The highest BCUT2D eigenvalue weighted by Crippen LogP contribution is 2.39. The van der Waals surface area contributed by atoms with Crippen LogP contribution in [-0.4, -0.2) is 20.6 Å². The molecule has 0 unspecified atom stereocenters. The van der Waals surface area contributed by atoms with Crippen molar-refractivity contribution in [3.05, 3.63) is 58.7 Å². The molecule has 1 aliphatic rings. The van der Waals surface area contributed by atoms with Crippen molar-refractivity contribution in [3.8, 4) is 0 Å². The molecule has 2 nitrogen and oxygen atoms in total. The Morgan fingerprint density at radius 1 is 0.552 bits per heavy atom. The first-order valence-electron chi connectivity index (χ1n) is 11.5. The number of rotatable bonds is 6. The Balaban J connectivity index is 2.03. The van der Waals surface area contributed by atoms with Crippen molar-refractivity contribution in [1.82, 2.24) is 0 Å². The lowest BCUT2D eigenvalue weighted by Crippen LogP contribution is -2.32. The average Bonchev–Trinajstić information content (AvgIpc) is 3.15. The highest BCUT2D eigenvalue weighted by atomic mass is 15.3. The third-order valence-electron chi connectivity index (χ3n) is 6.30. The summed E-state index contributed by atoms with van der Waals surface area (Å²) in [5.74, 6) is 2.14. The first kappa shape index (κ1) is 21.8. The highest BCUT2D eigenvalue weighted by molar-refractivity contribution is 6.48. The summed E-state index contributed by atoms with van der Waals surface area (Å²) in [4.78, 5) is 5.26. The number of hydrogen-bond donors (Lipinski definition) is 0. The van der Waals surface area contributed by atoms with Crippen molar-refractivity contribution in [2.75, 3.05) is 22.7 Å². The molecule has 1 heterocycles. The van der Waals surface area contributed by atoms with Crippen molar-refractivity contribution in [2.45, 2.75) is 79.1 Å². The van der Waals surface area contributed by atoms with E-state index in [0.717, 1.165) is 20.6 Å². The summed E-state index contributed by atoms with van der Waals surface area (Å²) >= 11 is 0. The summed E-state index contributed by atoms with van der Waals surface area (Å²) in [5.41, 5.74) is 8.90. The maximum Gasteiger partial charge on any atom is 0.356 e. The molecule has 0 atom stereocenters. The fraction of sp³-hybridized carbons (Fsp3) is 0.538. The van der Waals surface area contributed by atoms with Crippen molar-refractivity contribution in [2.24, 2.45) is 0 Å². The molecule has 0 spiro atoms. The second-order valence-corrected chi connectivity index (χ2v) is 9.86. The van der Waals surface area contributed by atoms with Gasteiger partial charge in [0, 0.05) is 24.5 Å². The molecule has 1 aliphatic heterocycles. The minimum absolute atomic E-state index is 0.534. The molecule has 0 radical (unpaired) electrons. The highest BCUT2D eigenvalue weighted by Gasteiger charge is 2.30. The van der Waals surface area contributed by atoms with Crippen LogP contribution in [0.2, 0.25) is 0 Å². The van der Waals surface area contributed by atoms with Gasteiger partial charge in [-0.1, -0.05) is 91.8 Å². The summed E-state index contributed by atoms with van der Waals surface area (Å²) in [6, 6.07) is 13.8. The topological polar surface area (TPSA) is 6.48 Å². The van der Waals surface area contributed by atoms with E-state index in [9.17, 15) is 0 Å². The van der Waals surface area contributed by atoms with Crippen LogP contribution >= 0.6 is 0 Å². The lowest BCUT2D eigenvalue weighted by Gasteiger charge is -2.30. The minimum atomic E-state index is 0.534. The average molecular weight is 390 g/mol. The smallest absolute Gasteiger partial charge is 0.356 e. The van der Waals surface area contributed by atoms with Crippen molar-refractivity contribution < 1.29 is 0 Å². The molecule has 1 saturated heterocycles. The zero-order valence-corrected chi connectivity index (χ0v) is 19.8. The molecule has 3 heteroatoms. The summed E-state index contributed by atoms with van der Waals surface area (Å²) in [6.07, 6.45) is 0. The number of benzene rings is 2. The third-order valence-corrected chi connectivity index (χ3v) is 6.30. The van der Waals surface area contributed by atoms with Gasteiger partial charge in [-0.05, 0) is 45.9 Å². The zero-order chi connectivity index (χ0) is 21.3. The summed E-state index contributed by atoms with van der Waals surface area (Å²) < 4.78 is 0. The molecule has 0 aromatic heterocycles. The molecule has 0 saturated carbocycles. The van der Waals surface area contributed by atoms with E-state index < -0.39 is 0 Å². The Bertz CT molecular complexity index is 717. The van der Waals surface area contributed by atoms with E-state index in [1.54, 1.807) is 0 Å². The van der Waals surface area contributed by atoms with Crippen LogP contribution in [-0.2, 0) is 0 Å². The van der Waals surface area contributed by atoms with Gasteiger partial charge in [-0.15, -0.1) is 0 Å². The molecule has 0 aliphatic carbocycles. The van der Waals surface area contributed by atoms with Crippen LogP contribution in [0.3, 0.4) is 0 Å². The van der Waals surface area contributed by atoms with Crippen LogP contribution in [0.4, 0.5) is 11.4 Å². The molecule has 1 fully saturated rings. The zero-order valence-electron chi connectivity index (χ0n) is 19.8. The van der Waals surface area contributed by atoms with Crippen LogP contribution in [0.25, 0.3) is 0 Å². The van der Waals surface area contributed by atoms with Crippen LogP contribution < -0.4 is 9.62 Å². The molecule has 0 amide bonds. The van der Waals surface area contributed by atoms with Crippen LogP contribution in [0.1, 0.15) is 101 Å². The summed E-state index contributed by atoms with van der Waals surface area (Å²) in [5, 5.41) is 0. The lowest BCUT2D eigenvalue weighted by molar-refractivity contribution is 0.821. The predicted molar refractivity (Wildman–Crippen MR) is 131 cm³/mol. The van der Waals surface area contributed by atoms with E-state index in [1.807, 2.05) is 0 Å². The molecular weight excluding hydrogens is 351 g/mol. The standard InChI is InChI=1S/C26H39BN2/c1-17(2)21-11-9-12-22(18(3)4)25(21)28-15-16-29(27-28)26-23(19(5)6)13-10-14-24(26)20(7)8/h9-14,17-20,27H,15-16H2,1-8H3. The van der Waals surface area contributed by atoms with Gasteiger partial charge in [0.25, 0.3) is 0 Å². The predicted octanol–water partition coefficient (Wildman–Crippen LogP) is 6.77. The number of nitrogens with zero attached hydrogens (tertiary/aromatic N) is 2. The lowest BCUT2D eigenvalue weighted by atomic mass is 9.88. The van der Waals surface area contributed by atoms with Gasteiger partial charge in [-0.2, -0.15) is 0 Å². The molecule has 29 heavy (non-hydrogen) atoms. The van der Waals surface area contributed by atoms with Crippen LogP contribution in [0.5, 0.6) is 0 Å². The van der Waals surface area contributed by atoms with Crippen LogP contribution in [0.15, 0.2) is 36.4 Å². The Morgan fingerprint density at radius 3 is 1.07 bits per heavy atom. The Hall–Kier alpha value is -1.90. The maximum atomic E-state index is 2.63. The van der Waals surface area contributed by atoms with Gasteiger partial charge in [-0.25, -0.2) is 0 Å². The van der Waals surface area contributed by atoms with Crippen molar-refractivity contribution in [3.63, 3.8) is 0 Å². The normalized spacial score (nSPS) is 14.6. The van der Waals surface area contributed by atoms with Gasteiger partial charge >= 0.3 is 7.55 Å². The second-order valence-electron chi connectivity index (χ2n) is 9.86. The van der Waals surface area contributed by atoms with E-state index in [-0.39, 0.29) is 0 Å². The van der Waals surface area contributed by atoms with Gasteiger partial charge in [0.05, 0.1) is 0 Å². The van der Waals surface area contributed by atoms with Gasteiger partial charge in [0.2, 0.25) is 0 Å². The number of anilines is 2.